The summed E-state index contributed by atoms with van der Waals surface area (Å²) in [4.78, 5) is 13.1. The third-order valence-electron chi connectivity index (χ3n) is 7.91. The van der Waals surface area contributed by atoms with Gasteiger partial charge in [0.15, 0.2) is 0 Å². The number of carbonyl (C=O) groups excluding carboxylic acids is 1. The summed E-state index contributed by atoms with van der Waals surface area (Å²) < 4.78 is 5.57. The van der Waals surface area contributed by atoms with Crippen LogP contribution in [-0.2, 0) is 12.0 Å². The maximum Gasteiger partial charge on any atom is 0.255 e. The van der Waals surface area contributed by atoms with Crippen LogP contribution in [0.3, 0.4) is 0 Å². The number of benzene rings is 2. The van der Waals surface area contributed by atoms with Crippen LogP contribution in [0.2, 0.25) is 0 Å². The average molecular weight is 422 g/mol. The lowest BCUT2D eigenvalue weighted by atomic mass is 9.47. The smallest absolute Gasteiger partial charge is 0.255 e. The number of aryl methyl sites for hydroxylation is 1. The number of amides is 1. The molecule has 0 saturated heterocycles. The highest BCUT2D eigenvalue weighted by Gasteiger charge is 2.52. The van der Waals surface area contributed by atoms with E-state index in [0.29, 0.717) is 16.9 Å². The van der Waals surface area contributed by atoms with E-state index in [0.717, 1.165) is 17.8 Å². The van der Waals surface area contributed by atoms with Crippen LogP contribution in [0.15, 0.2) is 30.3 Å². The van der Waals surface area contributed by atoms with Crippen molar-refractivity contribution in [1.29, 1.82) is 0 Å². The number of rotatable bonds is 5. The molecule has 0 unspecified atom stereocenters. The third kappa shape index (κ3) is 3.54. The summed E-state index contributed by atoms with van der Waals surface area (Å²) in [6.45, 7) is 2.32. The molecule has 6 rings (SSSR count). The highest BCUT2D eigenvalue weighted by atomic mass is 16.5. The van der Waals surface area contributed by atoms with Gasteiger partial charge in [0.2, 0.25) is 0 Å². The molecule has 0 atom stereocenters. The molecule has 0 spiro atoms. The van der Waals surface area contributed by atoms with E-state index in [-0.39, 0.29) is 29.4 Å². The zero-order chi connectivity index (χ0) is 21.8. The van der Waals surface area contributed by atoms with E-state index in [1.165, 1.54) is 61.8 Å². The van der Waals surface area contributed by atoms with Crippen molar-refractivity contribution in [2.75, 3.05) is 7.11 Å². The Morgan fingerprint density at radius 3 is 2.29 bits per heavy atom. The predicted molar refractivity (Wildman–Crippen MR) is 119 cm³/mol. The third-order valence-corrected chi connectivity index (χ3v) is 7.91. The maximum atomic E-state index is 13.1. The Balaban J connectivity index is 1.44. The normalized spacial score (nSPS) is 28.5. The largest absolute Gasteiger partial charge is 0.508 e. The molecule has 4 bridgehead atoms. The second kappa shape index (κ2) is 7.47. The van der Waals surface area contributed by atoms with Crippen molar-refractivity contribution < 1.29 is 19.7 Å². The molecule has 4 aliphatic rings. The Morgan fingerprint density at radius 1 is 1.06 bits per heavy atom. The summed E-state index contributed by atoms with van der Waals surface area (Å²) >= 11 is 0. The van der Waals surface area contributed by atoms with Gasteiger partial charge in [0.05, 0.1) is 12.7 Å². The Morgan fingerprint density at radius 2 is 1.71 bits per heavy atom. The molecule has 4 fully saturated rings. The Bertz CT molecular complexity index is 993. The number of hydrogen-bond donors (Lipinski definition) is 3. The number of phenols is 2. The van der Waals surface area contributed by atoms with Gasteiger partial charge in [-0.15, -0.1) is 0 Å². The molecule has 31 heavy (non-hydrogen) atoms. The summed E-state index contributed by atoms with van der Waals surface area (Å²) in [5.74, 6) is 2.83. The molecule has 5 nitrogen and oxygen atoms in total. The minimum Gasteiger partial charge on any atom is -0.508 e. The van der Waals surface area contributed by atoms with E-state index in [1.807, 2.05) is 6.07 Å². The van der Waals surface area contributed by atoms with Gasteiger partial charge in [0.25, 0.3) is 5.91 Å². The van der Waals surface area contributed by atoms with E-state index in [1.54, 1.807) is 13.2 Å². The van der Waals surface area contributed by atoms with Gasteiger partial charge in [-0.2, -0.15) is 0 Å². The number of phenolic OH excluding ortho intramolecular Hbond substituents is 2. The van der Waals surface area contributed by atoms with Crippen molar-refractivity contribution in [3.05, 3.63) is 52.6 Å². The SMILES string of the molecule is COc1cc(C)c(C23CC4CC(CC(C4)C2)C3)cc1C(=O)NCc1ccc(O)cc1O. The van der Waals surface area contributed by atoms with Gasteiger partial charge >= 0.3 is 0 Å². The molecule has 0 aromatic heterocycles. The van der Waals surface area contributed by atoms with E-state index in [9.17, 15) is 15.0 Å². The van der Waals surface area contributed by atoms with Gasteiger partial charge in [0.1, 0.15) is 17.2 Å². The summed E-state index contributed by atoms with van der Waals surface area (Å²) in [5, 5.41) is 22.4. The van der Waals surface area contributed by atoms with Gasteiger partial charge in [-0.05, 0) is 104 Å². The van der Waals surface area contributed by atoms with Crippen LogP contribution in [0.1, 0.15) is 65.6 Å². The van der Waals surface area contributed by atoms with Crippen LogP contribution < -0.4 is 10.1 Å². The minimum atomic E-state index is -0.213. The molecule has 164 valence electrons. The van der Waals surface area contributed by atoms with Crippen molar-refractivity contribution in [2.24, 2.45) is 17.8 Å². The first kappa shape index (κ1) is 20.2. The molecule has 1 amide bonds. The topological polar surface area (TPSA) is 78.8 Å². The molecule has 4 saturated carbocycles. The molecule has 2 aromatic carbocycles. The van der Waals surface area contributed by atoms with E-state index in [2.05, 4.69) is 18.3 Å². The molecular weight excluding hydrogens is 390 g/mol. The van der Waals surface area contributed by atoms with Crippen molar-refractivity contribution in [3.8, 4) is 17.2 Å². The van der Waals surface area contributed by atoms with Crippen LogP contribution in [-0.4, -0.2) is 23.2 Å². The summed E-state index contributed by atoms with van der Waals surface area (Å²) in [7, 11) is 1.60. The molecular formula is C26H31NO4. The predicted octanol–water partition coefficient (Wildman–Crippen LogP) is 4.81. The Hall–Kier alpha value is -2.69. The first-order chi connectivity index (χ1) is 14.9. The monoisotopic (exact) mass is 421 g/mol. The zero-order valence-corrected chi connectivity index (χ0v) is 18.3. The second-order valence-electron chi connectivity index (χ2n) is 10.1. The van der Waals surface area contributed by atoms with E-state index in [4.69, 9.17) is 4.74 Å². The first-order valence-electron chi connectivity index (χ1n) is 11.3. The average Bonchev–Trinajstić information content (AvgIpc) is 2.71. The molecule has 4 aliphatic carbocycles. The number of hydrogen-bond acceptors (Lipinski definition) is 4. The maximum absolute atomic E-state index is 13.1. The van der Waals surface area contributed by atoms with E-state index < -0.39 is 0 Å². The molecule has 3 N–H and O–H groups in total. The minimum absolute atomic E-state index is 0.00649. The van der Waals surface area contributed by atoms with Gasteiger partial charge in [-0.25, -0.2) is 0 Å². The molecule has 0 aliphatic heterocycles. The second-order valence-corrected chi connectivity index (χ2v) is 10.1. The lowest BCUT2D eigenvalue weighted by Crippen LogP contribution is -2.49. The fourth-order valence-corrected chi connectivity index (χ4v) is 7.01. The van der Waals surface area contributed by atoms with Gasteiger partial charge in [-0.3, -0.25) is 4.79 Å². The molecule has 0 radical (unpaired) electrons. The van der Waals surface area contributed by atoms with Gasteiger partial charge in [-0.1, -0.05) is 0 Å². The zero-order valence-electron chi connectivity index (χ0n) is 18.3. The molecule has 0 heterocycles. The number of aromatic hydroxyl groups is 2. The fourth-order valence-electron chi connectivity index (χ4n) is 7.01. The van der Waals surface area contributed by atoms with Gasteiger partial charge in [0, 0.05) is 18.2 Å². The first-order valence-corrected chi connectivity index (χ1v) is 11.3. The number of methoxy groups -OCH3 is 1. The summed E-state index contributed by atoms with van der Waals surface area (Å²) in [6, 6.07) is 8.48. The number of carbonyl (C=O) groups is 1. The number of nitrogens with one attached hydrogen (secondary N) is 1. The highest BCUT2D eigenvalue weighted by Crippen LogP contribution is 2.61. The van der Waals surface area contributed by atoms with Crippen LogP contribution in [0.25, 0.3) is 0 Å². The standard InChI is InChI=1S/C26H31NO4/c1-15-5-24(31-2)21(25(30)27-14-19-3-4-20(28)9-23(19)29)10-22(15)26-11-16-6-17(12-26)8-18(7-16)13-26/h3-5,9-10,16-18,28-29H,6-8,11-14H2,1-2H3,(H,27,30). The van der Waals surface area contributed by atoms with Crippen LogP contribution in [0.5, 0.6) is 17.2 Å². The van der Waals surface area contributed by atoms with Gasteiger partial charge < -0.3 is 20.3 Å². The highest BCUT2D eigenvalue weighted by molar-refractivity contribution is 5.97. The molecule has 5 heteroatoms. The van der Waals surface area contributed by atoms with Crippen LogP contribution in [0.4, 0.5) is 0 Å². The quantitative estimate of drug-likeness (QED) is 0.647. The van der Waals surface area contributed by atoms with Crippen molar-refractivity contribution in [3.63, 3.8) is 0 Å². The summed E-state index contributed by atoms with van der Waals surface area (Å²) in [6.07, 6.45) is 7.89. The van der Waals surface area contributed by atoms with Crippen molar-refractivity contribution >= 4 is 5.91 Å². The van der Waals surface area contributed by atoms with Crippen molar-refractivity contribution in [1.82, 2.24) is 5.32 Å². The van der Waals surface area contributed by atoms with Crippen molar-refractivity contribution in [2.45, 2.75) is 57.4 Å². The Kier molecular flexibility index (Phi) is 4.87. The summed E-state index contributed by atoms with van der Waals surface area (Å²) in [5.41, 5.74) is 3.85. The fraction of sp³-hybridized carbons (Fsp3) is 0.500. The number of ether oxygens (including phenoxy) is 1. The van der Waals surface area contributed by atoms with Crippen LogP contribution >= 0.6 is 0 Å². The Labute approximate surface area is 183 Å². The lowest BCUT2D eigenvalue weighted by molar-refractivity contribution is -0.00549. The lowest BCUT2D eigenvalue weighted by Gasteiger charge is -2.57. The van der Waals surface area contributed by atoms with Crippen LogP contribution in [0, 0.1) is 24.7 Å². The van der Waals surface area contributed by atoms with E-state index >= 15 is 0 Å². The molecule has 2 aromatic rings.